The zero-order valence-electron chi connectivity index (χ0n) is 5.09. The SMILES string of the molecule is CC1=CCN(O)CC1. The van der Waals surface area contributed by atoms with Gasteiger partial charge in [0.2, 0.25) is 0 Å². The van der Waals surface area contributed by atoms with Crippen LogP contribution in [0.25, 0.3) is 0 Å². The van der Waals surface area contributed by atoms with E-state index in [1.807, 2.05) is 6.08 Å². The first-order valence-corrected chi connectivity index (χ1v) is 2.88. The lowest BCUT2D eigenvalue weighted by Gasteiger charge is -2.17. The molecule has 0 radical (unpaired) electrons. The van der Waals surface area contributed by atoms with E-state index in [0.717, 1.165) is 13.0 Å². The van der Waals surface area contributed by atoms with E-state index in [4.69, 9.17) is 5.21 Å². The standard InChI is InChI=1S/C6H11NO/c1-6-2-4-7(8)5-3-6/h2,8H,3-5H2,1H3. The fourth-order valence-electron chi connectivity index (χ4n) is 0.760. The Hall–Kier alpha value is -0.340. The van der Waals surface area contributed by atoms with Crippen LogP contribution in [0, 0.1) is 0 Å². The molecule has 0 aliphatic carbocycles. The fraction of sp³-hybridized carbons (Fsp3) is 0.667. The van der Waals surface area contributed by atoms with Gasteiger partial charge in [-0.05, 0) is 13.3 Å². The second-order valence-electron chi connectivity index (χ2n) is 2.21. The van der Waals surface area contributed by atoms with Crippen LogP contribution in [0.1, 0.15) is 13.3 Å². The van der Waals surface area contributed by atoms with Gasteiger partial charge in [-0.1, -0.05) is 11.6 Å². The average Bonchev–Trinajstić information content (AvgIpc) is 1.77. The molecule has 1 N–H and O–H groups in total. The van der Waals surface area contributed by atoms with Crippen molar-refractivity contribution in [2.75, 3.05) is 13.1 Å². The third-order valence-electron chi connectivity index (χ3n) is 1.41. The van der Waals surface area contributed by atoms with Gasteiger partial charge < -0.3 is 5.21 Å². The number of hydrogen-bond acceptors (Lipinski definition) is 2. The minimum absolute atomic E-state index is 0.700. The number of hydrogen-bond donors (Lipinski definition) is 1. The molecule has 0 aromatic heterocycles. The van der Waals surface area contributed by atoms with Crippen LogP contribution in [0.3, 0.4) is 0 Å². The van der Waals surface area contributed by atoms with Crippen LogP contribution in [0.15, 0.2) is 11.6 Å². The van der Waals surface area contributed by atoms with Crippen molar-refractivity contribution in [2.24, 2.45) is 0 Å². The zero-order valence-corrected chi connectivity index (χ0v) is 5.09. The number of hydroxylamine groups is 2. The topological polar surface area (TPSA) is 23.5 Å². The number of nitrogens with zero attached hydrogens (tertiary/aromatic N) is 1. The first kappa shape index (κ1) is 5.79. The molecule has 1 aliphatic heterocycles. The molecule has 46 valence electrons. The predicted octanol–water partition coefficient (Wildman–Crippen LogP) is 1.03. The van der Waals surface area contributed by atoms with Gasteiger partial charge in [0.1, 0.15) is 0 Å². The van der Waals surface area contributed by atoms with E-state index in [1.54, 1.807) is 0 Å². The quantitative estimate of drug-likeness (QED) is 0.474. The van der Waals surface area contributed by atoms with Crippen molar-refractivity contribution in [3.8, 4) is 0 Å². The smallest absolute Gasteiger partial charge is 0.0421 e. The van der Waals surface area contributed by atoms with Crippen molar-refractivity contribution in [3.63, 3.8) is 0 Å². The Morgan fingerprint density at radius 3 is 2.88 bits per heavy atom. The molecule has 1 aliphatic rings. The van der Waals surface area contributed by atoms with Crippen LogP contribution < -0.4 is 0 Å². The van der Waals surface area contributed by atoms with Crippen LogP contribution in [-0.2, 0) is 0 Å². The van der Waals surface area contributed by atoms with Crippen molar-refractivity contribution >= 4 is 0 Å². The number of rotatable bonds is 0. The summed E-state index contributed by atoms with van der Waals surface area (Å²) in [6, 6.07) is 0. The summed E-state index contributed by atoms with van der Waals surface area (Å²) in [5.41, 5.74) is 1.38. The molecule has 2 heteroatoms. The molecule has 2 nitrogen and oxygen atoms in total. The molecular weight excluding hydrogens is 102 g/mol. The Morgan fingerprint density at radius 2 is 2.50 bits per heavy atom. The maximum Gasteiger partial charge on any atom is 0.0421 e. The molecular formula is C6H11NO. The molecule has 1 heterocycles. The summed E-state index contributed by atoms with van der Waals surface area (Å²) in [4.78, 5) is 0. The first-order chi connectivity index (χ1) is 3.79. The van der Waals surface area contributed by atoms with Crippen molar-refractivity contribution in [1.82, 2.24) is 5.06 Å². The maximum absolute atomic E-state index is 8.82. The summed E-state index contributed by atoms with van der Waals surface area (Å²) in [5, 5.41) is 10.1. The summed E-state index contributed by atoms with van der Waals surface area (Å²) in [6.45, 7) is 3.58. The lowest BCUT2D eigenvalue weighted by atomic mass is 10.1. The predicted molar refractivity (Wildman–Crippen MR) is 31.7 cm³/mol. The highest BCUT2D eigenvalue weighted by molar-refractivity contribution is 5.02. The van der Waals surface area contributed by atoms with E-state index in [-0.39, 0.29) is 0 Å². The van der Waals surface area contributed by atoms with E-state index >= 15 is 0 Å². The van der Waals surface area contributed by atoms with E-state index in [0.29, 0.717) is 6.54 Å². The highest BCUT2D eigenvalue weighted by Crippen LogP contribution is 2.05. The molecule has 0 unspecified atom stereocenters. The van der Waals surface area contributed by atoms with Crippen molar-refractivity contribution in [2.45, 2.75) is 13.3 Å². The third kappa shape index (κ3) is 1.32. The molecule has 1 rings (SSSR count). The second kappa shape index (κ2) is 2.29. The van der Waals surface area contributed by atoms with Gasteiger partial charge >= 0.3 is 0 Å². The summed E-state index contributed by atoms with van der Waals surface area (Å²) in [6.07, 6.45) is 3.06. The van der Waals surface area contributed by atoms with Gasteiger partial charge in [0, 0.05) is 13.1 Å². The van der Waals surface area contributed by atoms with Crippen LogP contribution in [0.4, 0.5) is 0 Å². The molecule has 0 saturated heterocycles. The molecule has 0 spiro atoms. The Morgan fingerprint density at radius 1 is 1.75 bits per heavy atom. The lowest BCUT2D eigenvalue weighted by molar-refractivity contribution is -0.0827. The Kier molecular flexibility index (Phi) is 1.65. The summed E-state index contributed by atoms with van der Waals surface area (Å²) in [7, 11) is 0. The van der Waals surface area contributed by atoms with E-state index < -0.39 is 0 Å². The molecule has 0 bridgehead atoms. The van der Waals surface area contributed by atoms with E-state index in [1.165, 1.54) is 10.6 Å². The largest absolute Gasteiger partial charge is 0.314 e. The maximum atomic E-state index is 8.82. The van der Waals surface area contributed by atoms with Gasteiger partial charge in [-0.15, -0.1) is 0 Å². The summed E-state index contributed by atoms with van der Waals surface area (Å²) in [5.74, 6) is 0. The Labute approximate surface area is 49.4 Å². The van der Waals surface area contributed by atoms with Gasteiger partial charge in [-0.25, -0.2) is 0 Å². The first-order valence-electron chi connectivity index (χ1n) is 2.88. The van der Waals surface area contributed by atoms with Crippen molar-refractivity contribution in [3.05, 3.63) is 11.6 Å². The fourth-order valence-corrected chi connectivity index (χ4v) is 0.760. The van der Waals surface area contributed by atoms with Crippen LogP contribution in [0.5, 0.6) is 0 Å². The van der Waals surface area contributed by atoms with Gasteiger partial charge in [-0.2, -0.15) is 5.06 Å². The molecule has 0 atom stereocenters. The summed E-state index contributed by atoms with van der Waals surface area (Å²) >= 11 is 0. The Balaban J connectivity index is 2.42. The van der Waals surface area contributed by atoms with Crippen molar-refractivity contribution < 1.29 is 5.21 Å². The van der Waals surface area contributed by atoms with E-state index in [9.17, 15) is 0 Å². The molecule has 8 heavy (non-hydrogen) atoms. The molecule has 0 fully saturated rings. The van der Waals surface area contributed by atoms with Crippen LogP contribution >= 0.6 is 0 Å². The normalized spacial score (nSPS) is 23.0. The van der Waals surface area contributed by atoms with Crippen LogP contribution in [0.2, 0.25) is 0 Å². The molecule has 0 saturated carbocycles. The van der Waals surface area contributed by atoms with Gasteiger partial charge in [-0.3, -0.25) is 0 Å². The lowest BCUT2D eigenvalue weighted by Crippen LogP contribution is -2.24. The highest BCUT2D eigenvalue weighted by atomic mass is 16.5. The van der Waals surface area contributed by atoms with Gasteiger partial charge in [0.25, 0.3) is 0 Å². The second-order valence-corrected chi connectivity index (χ2v) is 2.21. The zero-order chi connectivity index (χ0) is 5.98. The molecule has 0 aromatic carbocycles. The van der Waals surface area contributed by atoms with Crippen LogP contribution in [-0.4, -0.2) is 23.4 Å². The average molecular weight is 113 g/mol. The Bertz CT molecular complexity index is 109. The van der Waals surface area contributed by atoms with Gasteiger partial charge in [0.15, 0.2) is 0 Å². The van der Waals surface area contributed by atoms with E-state index in [2.05, 4.69) is 6.92 Å². The monoisotopic (exact) mass is 113 g/mol. The third-order valence-corrected chi connectivity index (χ3v) is 1.41. The molecule has 0 aromatic rings. The summed E-state index contributed by atoms with van der Waals surface area (Å²) < 4.78 is 0. The molecule has 0 amide bonds. The van der Waals surface area contributed by atoms with Crippen molar-refractivity contribution in [1.29, 1.82) is 0 Å². The highest BCUT2D eigenvalue weighted by Gasteiger charge is 2.03. The van der Waals surface area contributed by atoms with Gasteiger partial charge in [0.05, 0.1) is 0 Å². The minimum Gasteiger partial charge on any atom is -0.314 e. The minimum atomic E-state index is 0.700.